The lowest BCUT2D eigenvalue weighted by molar-refractivity contribution is 0.881. The van der Waals surface area contributed by atoms with Gasteiger partial charge in [0.25, 0.3) is 0 Å². The van der Waals surface area contributed by atoms with E-state index in [0.717, 1.165) is 30.2 Å². The number of hydrogen-bond acceptors (Lipinski definition) is 3. The van der Waals surface area contributed by atoms with Crippen LogP contribution in [0.15, 0.2) is 48.5 Å². The van der Waals surface area contributed by atoms with Crippen molar-refractivity contribution in [2.24, 2.45) is 0 Å². The van der Waals surface area contributed by atoms with E-state index >= 15 is 0 Å². The summed E-state index contributed by atoms with van der Waals surface area (Å²) in [6.07, 6.45) is 1.02. The van der Waals surface area contributed by atoms with Crippen molar-refractivity contribution >= 4 is 11.5 Å². The summed E-state index contributed by atoms with van der Waals surface area (Å²) >= 11 is 0. The van der Waals surface area contributed by atoms with Gasteiger partial charge in [-0.25, -0.2) is 4.68 Å². The topological polar surface area (TPSA) is 33.1 Å². The summed E-state index contributed by atoms with van der Waals surface area (Å²) in [6, 6.07) is 17.1. The summed E-state index contributed by atoms with van der Waals surface area (Å²) in [7, 11) is 4.12. The van der Waals surface area contributed by atoms with Crippen LogP contribution in [0.5, 0.6) is 0 Å². The van der Waals surface area contributed by atoms with Gasteiger partial charge in [-0.15, -0.1) is 0 Å². The van der Waals surface area contributed by atoms with Crippen molar-refractivity contribution < 1.29 is 0 Å². The fourth-order valence-corrected chi connectivity index (χ4v) is 3.27. The standard InChI is InChI=1S/C20H22N4/c1-14-5-4-6-17(13-14)24-20-18(11-12-21-20)19(22-24)15-7-9-16(10-8-15)23(2)3/h4-10,13,21H,11-12H2,1-3H3. The molecule has 2 aromatic carbocycles. The van der Waals surface area contributed by atoms with Gasteiger partial charge in [0, 0.05) is 37.5 Å². The smallest absolute Gasteiger partial charge is 0.133 e. The zero-order chi connectivity index (χ0) is 16.7. The number of nitrogens with one attached hydrogen (secondary N) is 1. The van der Waals surface area contributed by atoms with Gasteiger partial charge in [-0.3, -0.25) is 0 Å². The molecule has 0 amide bonds. The Morgan fingerprint density at radius 2 is 1.88 bits per heavy atom. The number of fused-ring (bicyclic) bond motifs is 1. The van der Waals surface area contributed by atoms with Gasteiger partial charge in [-0.2, -0.15) is 5.10 Å². The van der Waals surface area contributed by atoms with Gasteiger partial charge >= 0.3 is 0 Å². The van der Waals surface area contributed by atoms with Crippen LogP contribution in [0.3, 0.4) is 0 Å². The van der Waals surface area contributed by atoms with Gasteiger partial charge in [-0.1, -0.05) is 24.3 Å². The molecule has 122 valence electrons. The lowest BCUT2D eigenvalue weighted by atomic mass is 10.1. The first-order chi connectivity index (χ1) is 11.6. The van der Waals surface area contributed by atoms with Crippen LogP contribution in [-0.4, -0.2) is 30.4 Å². The Kier molecular flexibility index (Phi) is 3.53. The van der Waals surface area contributed by atoms with E-state index in [9.17, 15) is 0 Å². The third-order valence-corrected chi connectivity index (χ3v) is 4.55. The maximum Gasteiger partial charge on any atom is 0.133 e. The number of anilines is 2. The van der Waals surface area contributed by atoms with E-state index in [4.69, 9.17) is 5.10 Å². The molecule has 2 heterocycles. The zero-order valence-electron chi connectivity index (χ0n) is 14.4. The van der Waals surface area contributed by atoms with Gasteiger partial charge in [0.05, 0.1) is 11.4 Å². The maximum absolute atomic E-state index is 4.93. The van der Waals surface area contributed by atoms with E-state index in [1.807, 2.05) is 4.68 Å². The Balaban J connectivity index is 1.81. The molecule has 1 aliphatic rings. The van der Waals surface area contributed by atoms with Crippen LogP contribution in [0.4, 0.5) is 11.5 Å². The van der Waals surface area contributed by atoms with Crippen molar-refractivity contribution in [2.75, 3.05) is 30.9 Å². The van der Waals surface area contributed by atoms with Crippen molar-refractivity contribution in [2.45, 2.75) is 13.3 Å². The second-order valence-electron chi connectivity index (χ2n) is 6.54. The van der Waals surface area contributed by atoms with E-state index in [1.54, 1.807) is 0 Å². The number of hydrogen-bond donors (Lipinski definition) is 1. The molecule has 4 heteroatoms. The highest BCUT2D eigenvalue weighted by Crippen LogP contribution is 2.35. The molecule has 0 aliphatic carbocycles. The average molecular weight is 318 g/mol. The molecule has 0 unspecified atom stereocenters. The number of benzene rings is 2. The minimum absolute atomic E-state index is 0.974. The predicted octanol–water partition coefficient (Wildman–Crippen LogP) is 3.88. The molecule has 0 fully saturated rings. The average Bonchev–Trinajstić information content (AvgIpc) is 3.17. The van der Waals surface area contributed by atoms with E-state index < -0.39 is 0 Å². The molecule has 1 aliphatic heterocycles. The first-order valence-corrected chi connectivity index (χ1v) is 8.34. The molecule has 24 heavy (non-hydrogen) atoms. The van der Waals surface area contributed by atoms with E-state index in [2.05, 4.69) is 79.8 Å². The Morgan fingerprint density at radius 3 is 2.58 bits per heavy atom. The number of aromatic nitrogens is 2. The Morgan fingerprint density at radius 1 is 1.08 bits per heavy atom. The normalized spacial score (nSPS) is 12.8. The third-order valence-electron chi connectivity index (χ3n) is 4.55. The van der Waals surface area contributed by atoms with E-state index in [0.29, 0.717) is 0 Å². The maximum atomic E-state index is 4.93. The summed E-state index contributed by atoms with van der Waals surface area (Å²) in [5.74, 6) is 1.13. The summed E-state index contributed by atoms with van der Waals surface area (Å²) in [5, 5.41) is 8.43. The number of rotatable bonds is 3. The van der Waals surface area contributed by atoms with Crippen molar-refractivity contribution in [1.29, 1.82) is 0 Å². The molecule has 0 atom stereocenters. The summed E-state index contributed by atoms with van der Waals surface area (Å²) in [4.78, 5) is 2.11. The lowest BCUT2D eigenvalue weighted by Crippen LogP contribution is -2.08. The van der Waals surface area contributed by atoms with E-state index in [-0.39, 0.29) is 0 Å². The summed E-state index contributed by atoms with van der Waals surface area (Å²) < 4.78 is 2.05. The van der Waals surface area contributed by atoms with Crippen LogP contribution >= 0.6 is 0 Å². The monoisotopic (exact) mass is 318 g/mol. The summed E-state index contributed by atoms with van der Waals surface area (Å²) in [6.45, 7) is 3.09. The Bertz CT molecular complexity index is 875. The summed E-state index contributed by atoms with van der Waals surface area (Å²) in [5.41, 5.74) is 7.12. The minimum atomic E-state index is 0.974. The fraction of sp³-hybridized carbons (Fsp3) is 0.250. The van der Waals surface area contributed by atoms with Crippen molar-refractivity contribution in [3.05, 3.63) is 59.7 Å². The first-order valence-electron chi connectivity index (χ1n) is 8.34. The molecule has 0 spiro atoms. The molecule has 3 aromatic rings. The molecule has 1 N–H and O–H groups in total. The highest BCUT2D eigenvalue weighted by atomic mass is 15.3. The molecule has 0 saturated heterocycles. The molecular weight excluding hydrogens is 296 g/mol. The van der Waals surface area contributed by atoms with Crippen LogP contribution in [0, 0.1) is 6.92 Å². The largest absolute Gasteiger partial charge is 0.378 e. The highest BCUT2D eigenvalue weighted by molar-refractivity contribution is 5.74. The zero-order valence-corrected chi connectivity index (χ0v) is 14.4. The second kappa shape index (κ2) is 5.71. The van der Waals surface area contributed by atoms with Crippen LogP contribution in [0.1, 0.15) is 11.1 Å². The van der Waals surface area contributed by atoms with Crippen LogP contribution in [0.25, 0.3) is 16.9 Å². The lowest BCUT2D eigenvalue weighted by Gasteiger charge is -2.12. The molecule has 1 aromatic heterocycles. The van der Waals surface area contributed by atoms with Gasteiger partial charge < -0.3 is 10.2 Å². The molecule has 0 radical (unpaired) electrons. The van der Waals surface area contributed by atoms with Crippen LogP contribution in [0.2, 0.25) is 0 Å². The van der Waals surface area contributed by atoms with Crippen LogP contribution < -0.4 is 10.2 Å². The van der Waals surface area contributed by atoms with Crippen molar-refractivity contribution in [3.63, 3.8) is 0 Å². The molecule has 4 rings (SSSR count). The van der Waals surface area contributed by atoms with Gasteiger partial charge in [0.1, 0.15) is 5.82 Å². The third kappa shape index (κ3) is 2.44. The first kappa shape index (κ1) is 14.8. The Labute approximate surface area is 142 Å². The van der Waals surface area contributed by atoms with Gasteiger partial charge in [-0.05, 0) is 43.2 Å². The highest BCUT2D eigenvalue weighted by Gasteiger charge is 2.23. The number of aryl methyl sites for hydroxylation is 1. The minimum Gasteiger partial charge on any atom is -0.378 e. The Hall–Kier alpha value is -2.75. The molecular formula is C20H22N4. The van der Waals surface area contributed by atoms with Crippen LogP contribution in [-0.2, 0) is 6.42 Å². The predicted molar refractivity (Wildman–Crippen MR) is 100 cm³/mol. The quantitative estimate of drug-likeness (QED) is 0.795. The molecule has 0 bridgehead atoms. The van der Waals surface area contributed by atoms with Gasteiger partial charge in [0.15, 0.2) is 0 Å². The second-order valence-corrected chi connectivity index (χ2v) is 6.54. The molecule has 4 nitrogen and oxygen atoms in total. The van der Waals surface area contributed by atoms with Gasteiger partial charge in [0.2, 0.25) is 0 Å². The van der Waals surface area contributed by atoms with E-state index in [1.165, 1.54) is 22.4 Å². The SMILES string of the molecule is Cc1cccc(-n2nc(-c3ccc(N(C)C)cc3)c3c2NCC3)c1. The number of nitrogens with zero attached hydrogens (tertiary/aromatic N) is 3. The fourth-order valence-electron chi connectivity index (χ4n) is 3.27. The van der Waals surface area contributed by atoms with Crippen molar-refractivity contribution in [1.82, 2.24) is 9.78 Å². The molecule has 0 saturated carbocycles. The van der Waals surface area contributed by atoms with Crippen molar-refractivity contribution in [3.8, 4) is 16.9 Å².